The Kier molecular flexibility index (Phi) is 9.08. The number of hydrogen-bond donors (Lipinski definition) is 2. The minimum Gasteiger partial charge on any atom is -0.382 e. The molecule has 0 spiro atoms. The summed E-state index contributed by atoms with van der Waals surface area (Å²) in [6, 6.07) is 0. The van der Waals surface area contributed by atoms with E-state index in [-0.39, 0.29) is 0 Å². The molecular weight excluding hydrogens is 162 g/mol. The van der Waals surface area contributed by atoms with E-state index >= 15 is 0 Å². The van der Waals surface area contributed by atoms with Crippen LogP contribution in [0.25, 0.3) is 0 Å². The second kappa shape index (κ2) is 7.15. The average molecular weight is 174 g/mol. The molecule has 0 unspecified atom stereocenters. The van der Waals surface area contributed by atoms with E-state index in [2.05, 4.69) is 0 Å². The minimum absolute atomic E-state index is 0.844. The monoisotopic (exact) mass is 174 g/mol. The number of halogens is 1. The first-order valence-corrected chi connectivity index (χ1v) is 4.25. The molecule has 4 nitrogen and oxygen atoms in total. The molecule has 0 bridgehead atoms. The molecule has 2 N–H and O–H groups in total. The zero-order valence-corrected chi connectivity index (χ0v) is 6.84. The molecule has 0 rings (SSSR count). The Bertz CT molecular complexity index is 91.2. The first-order valence-electron chi connectivity index (χ1n) is 2.74. The van der Waals surface area contributed by atoms with Gasteiger partial charge in [0, 0.05) is 13.2 Å². The summed E-state index contributed by atoms with van der Waals surface area (Å²) >= 11 is 0. The van der Waals surface area contributed by atoms with Crippen LogP contribution in [0.5, 0.6) is 0 Å². The quantitative estimate of drug-likeness (QED) is 0.615. The molecule has 0 aromatic rings. The van der Waals surface area contributed by atoms with Gasteiger partial charge in [0.2, 0.25) is 0 Å². The highest BCUT2D eigenvalue weighted by atomic mass is 31.2. The van der Waals surface area contributed by atoms with E-state index in [9.17, 15) is 4.20 Å². The maximum absolute atomic E-state index is 10.4. The lowest BCUT2D eigenvalue weighted by molar-refractivity contribution is 0.162. The van der Waals surface area contributed by atoms with Crippen LogP contribution >= 0.6 is 7.91 Å². The van der Waals surface area contributed by atoms with Crippen LogP contribution in [0.3, 0.4) is 0 Å². The Morgan fingerprint density at radius 3 is 1.60 bits per heavy atom. The molecule has 0 aliphatic rings. The second-order valence-corrected chi connectivity index (χ2v) is 2.20. The van der Waals surface area contributed by atoms with Gasteiger partial charge in [0.15, 0.2) is 0 Å². The highest BCUT2D eigenvalue weighted by molar-refractivity contribution is 7.45. The van der Waals surface area contributed by atoms with Crippen LogP contribution in [0.4, 0.5) is 4.20 Å². The van der Waals surface area contributed by atoms with Crippen molar-refractivity contribution in [3.05, 3.63) is 0 Å². The fraction of sp³-hybridized carbons (Fsp3) is 1.00. The summed E-state index contributed by atoms with van der Waals surface area (Å²) in [5.41, 5.74) is 0. The van der Waals surface area contributed by atoms with E-state index in [1.54, 1.807) is 0 Å². The number of ether oxygens (including phenoxy) is 1. The van der Waals surface area contributed by atoms with Crippen molar-refractivity contribution in [1.82, 2.24) is 0 Å². The van der Waals surface area contributed by atoms with Gasteiger partial charge in [-0.05, 0) is 13.8 Å². The van der Waals surface area contributed by atoms with E-state index in [1.807, 2.05) is 13.8 Å². The van der Waals surface area contributed by atoms with E-state index in [1.165, 1.54) is 0 Å². The van der Waals surface area contributed by atoms with Crippen molar-refractivity contribution in [1.29, 1.82) is 0 Å². The molecule has 0 aromatic heterocycles. The molecular formula is C4H12FO4P. The molecule has 0 heterocycles. The van der Waals surface area contributed by atoms with Crippen molar-refractivity contribution in [3.8, 4) is 0 Å². The van der Waals surface area contributed by atoms with Crippen molar-refractivity contribution in [2.45, 2.75) is 13.8 Å². The fourth-order valence-corrected chi connectivity index (χ4v) is 0.204. The minimum atomic E-state index is -5.14. The Balaban J connectivity index is 0. The van der Waals surface area contributed by atoms with Gasteiger partial charge in [0.25, 0.3) is 0 Å². The molecule has 0 saturated heterocycles. The molecule has 0 aliphatic carbocycles. The van der Waals surface area contributed by atoms with Crippen LogP contribution in [0.2, 0.25) is 0 Å². The second-order valence-electron chi connectivity index (χ2n) is 1.25. The summed E-state index contributed by atoms with van der Waals surface area (Å²) in [4.78, 5) is 13.9. The first kappa shape index (κ1) is 12.7. The first-order chi connectivity index (χ1) is 4.41. The summed E-state index contributed by atoms with van der Waals surface area (Å²) in [7, 11) is -5.14. The zero-order chi connectivity index (χ0) is 8.62. The molecule has 64 valence electrons. The standard InChI is InChI=1S/C4H10O.FH2O3P/c1-3-5-4-2;1-5(2,3)4/h3-4H2,1-2H3;(H2,2,3,4). The van der Waals surface area contributed by atoms with E-state index in [4.69, 9.17) is 19.1 Å². The van der Waals surface area contributed by atoms with Crippen LogP contribution < -0.4 is 0 Å². The number of rotatable bonds is 2. The third-order valence-corrected chi connectivity index (χ3v) is 0.408. The van der Waals surface area contributed by atoms with E-state index in [0.717, 1.165) is 13.2 Å². The van der Waals surface area contributed by atoms with Gasteiger partial charge in [-0.3, -0.25) is 9.79 Å². The maximum atomic E-state index is 10.4. The summed E-state index contributed by atoms with van der Waals surface area (Å²) in [6.07, 6.45) is 0. The molecule has 10 heavy (non-hydrogen) atoms. The van der Waals surface area contributed by atoms with Crippen molar-refractivity contribution in [2.24, 2.45) is 0 Å². The van der Waals surface area contributed by atoms with Crippen LogP contribution in [0.15, 0.2) is 0 Å². The fourth-order valence-electron chi connectivity index (χ4n) is 0.204. The van der Waals surface area contributed by atoms with Gasteiger partial charge in [-0.2, -0.15) is 0 Å². The van der Waals surface area contributed by atoms with Gasteiger partial charge in [-0.15, -0.1) is 4.20 Å². The summed E-state index contributed by atoms with van der Waals surface area (Å²) in [6.45, 7) is 5.67. The van der Waals surface area contributed by atoms with Gasteiger partial charge in [0.1, 0.15) is 0 Å². The van der Waals surface area contributed by atoms with Crippen molar-refractivity contribution in [2.75, 3.05) is 13.2 Å². The predicted molar refractivity (Wildman–Crippen MR) is 35.3 cm³/mol. The Labute approximate surface area is 59.3 Å². The van der Waals surface area contributed by atoms with Crippen molar-refractivity contribution >= 4 is 7.91 Å². The van der Waals surface area contributed by atoms with Crippen LogP contribution in [0, 0.1) is 0 Å². The third kappa shape index (κ3) is 95.8. The lowest BCUT2D eigenvalue weighted by atomic mass is 10.8. The molecule has 0 aromatic carbocycles. The summed E-state index contributed by atoms with van der Waals surface area (Å²) in [5.74, 6) is 0. The average Bonchev–Trinajstić information content (AvgIpc) is 1.63. The summed E-state index contributed by atoms with van der Waals surface area (Å²) < 4.78 is 23.8. The topological polar surface area (TPSA) is 66.8 Å². The summed E-state index contributed by atoms with van der Waals surface area (Å²) in [5, 5.41) is 0. The van der Waals surface area contributed by atoms with Gasteiger partial charge in [0.05, 0.1) is 0 Å². The highest BCUT2D eigenvalue weighted by Gasteiger charge is 2.04. The Morgan fingerprint density at radius 1 is 1.40 bits per heavy atom. The van der Waals surface area contributed by atoms with Crippen LogP contribution in [-0.4, -0.2) is 23.0 Å². The molecule has 0 amide bonds. The van der Waals surface area contributed by atoms with Gasteiger partial charge < -0.3 is 4.74 Å². The SMILES string of the molecule is CCOCC.O=P(O)(O)F. The van der Waals surface area contributed by atoms with Crippen molar-refractivity contribution < 1.29 is 23.3 Å². The normalized spacial score (nSPS) is 10.1. The number of hydrogen-bond acceptors (Lipinski definition) is 2. The maximum Gasteiger partial charge on any atom is 0.507 e. The molecule has 0 saturated carbocycles. The molecule has 0 atom stereocenters. The van der Waals surface area contributed by atoms with Gasteiger partial charge in [-0.1, -0.05) is 0 Å². The molecule has 0 fully saturated rings. The smallest absolute Gasteiger partial charge is 0.382 e. The van der Waals surface area contributed by atoms with E-state index in [0.29, 0.717) is 0 Å². The Hall–Kier alpha value is 0.0400. The lowest BCUT2D eigenvalue weighted by Gasteiger charge is -1.86. The lowest BCUT2D eigenvalue weighted by Crippen LogP contribution is -1.84. The zero-order valence-electron chi connectivity index (χ0n) is 5.95. The van der Waals surface area contributed by atoms with Crippen molar-refractivity contribution in [3.63, 3.8) is 0 Å². The highest BCUT2D eigenvalue weighted by Crippen LogP contribution is 2.34. The molecule has 0 radical (unpaired) electrons. The van der Waals surface area contributed by atoms with Crippen LogP contribution in [0.1, 0.15) is 13.8 Å². The third-order valence-electron chi connectivity index (χ3n) is 0.408. The Morgan fingerprint density at radius 2 is 1.60 bits per heavy atom. The predicted octanol–water partition coefficient (Wildman–Crippen LogP) is 1.09. The van der Waals surface area contributed by atoms with Crippen LogP contribution in [-0.2, 0) is 9.30 Å². The molecule has 6 heteroatoms. The molecule has 0 aliphatic heterocycles. The van der Waals surface area contributed by atoms with E-state index < -0.39 is 7.91 Å². The largest absolute Gasteiger partial charge is 0.507 e. The van der Waals surface area contributed by atoms with Gasteiger partial charge >= 0.3 is 7.91 Å². The van der Waals surface area contributed by atoms with Gasteiger partial charge in [-0.25, -0.2) is 4.57 Å².